The van der Waals surface area contributed by atoms with E-state index in [2.05, 4.69) is 20.9 Å². The van der Waals surface area contributed by atoms with Crippen LogP contribution in [-0.4, -0.2) is 56.6 Å². The summed E-state index contributed by atoms with van der Waals surface area (Å²) in [5.41, 5.74) is 0. The Hall–Kier alpha value is -0.850. The Balaban J connectivity index is 0.00000324. The topological polar surface area (TPSA) is 73.5 Å². The zero-order chi connectivity index (χ0) is 13.5. The first kappa shape index (κ1) is 18.1. The molecule has 1 heterocycles. The highest BCUT2D eigenvalue weighted by molar-refractivity contribution is 5.96. The summed E-state index contributed by atoms with van der Waals surface area (Å²) in [5.74, 6) is 0.460. The van der Waals surface area contributed by atoms with E-state index in [-0.39, 0.29) is 24.4 Å². The molecule has 0 radical (unpaired) electrons. The van der Waals surface area contributed by atoms with E-state index in [4.69, 9.17) is 0 Å². The van der Waals surface area contributed by atoms with Crippen LogP contribution < -0.4 is 16.0 Å². The van der Waals surface area contributed by atoms with Crippen molar-refractivity contribution >= 4 is 24.3 Å². The largest absolute Gasteiger partial charge is 0.341 e. The average Bonchev–Trinajstić information content (AvgIpc) is 2.39. The van der Waals surface area contributed by atoms with Gasteiger partial charge in [0, 0.05) is 7.05 Å². The lowest BCUT2D eigenvalue weighted by atomic mass is 9.96. The lowest BCUT2D eigenvalue weighted by molar-refractivity contribution is -0.125. The van der Waals surface area contributed by atoms with Gasteiger partial charge in [0.1, 0.15) is 0 Å². The van der Waals surface area contributed by atoms with Gasteiger partial charge in [-0.1, -0.05) is 0 Å². The fraction of sp³-hybridized carbons (Fsp3) is 0.833. The molecule has 1 aliphatic rings. The number of piperidine rings is 1. The van der Waals surface area contributed by atoms with Crippen molar-refractivity contribution in [1.29, 1.82) is 0 Å². The van der Waals surface area contributed by atoms with E-state index >= 15 is 0 Å². The molecule has 3 N–H and O–H groups in total. The third-order valence-electron chi connectivity index (χ3n) is 3.53. The van der Waals surface area contributed by atoms with Crippen molar-refractivity contribution in [2.45, 2.75) is 25.8 Å². The van der Waals surface area contributed by atoms with E-state index in [0.29, 0.717) is 5.92 Å². The minimum Gasteiger partial charge on any atom is -0.341 e. The second-order valence-electron chi connectivity index (χ2n) is 4.78. The highest BCUT2D eigenvalue weighted by atomic mass is 35.5. The van der Waals surface area contributed by atoms with Crippen LogP contribution in [0.2, 0.25) is 0 Å². The molecule has 0 spiro atoms. The van der Waals surface area contributed by atoms with Gasteiger partial charge in [0.15, 0.2) is 0 Å². The quantitative estimate of drug-likeness (QED) is 0.691. The molecule has 1 saturated heterocycles. The number of carbonyl (C=O) groups excluding carboxylic acids is 2. The SMILES string of the molecule is CNCC1CCN(C(C)C(=O)NC(=O)NC)CC1.Cl. The summed E-state index contributed by atoms with van der Waals surface area (Å²) in [7, 11) is 3.46. The molecule has 6 nitrogen and oxygen atoms in total. The molecule has 1 aliphatic heterocycles. The van der Waals surface area contributed by atoms with Crippen molar-refractivity contribution in [2.75, 3.05) is 33.7 Å². The molecule has 0 aliphatic carbocycles. The van der Waals surface area contributed by atoms with Crippen molar-refractivity contribution in [2.24, 2.45) is 5.92 Å². The van der Waals surface area contributed by atoms with Gasteiger partial charge in [-0.2, -0.15) is 0 Å². The molecule has 0 bridgehead atoms. The van der Waals surface area contributed by atoms with E-state index in [1.807, 2.05) is 14.0 Å². The minimum absolute atomic E-state index is 0. The van der Waals surface area contributed by atoms with Crippen molar-refractivity contribution in [3.05, 3.63) is 0 Å². The van der Waals surface area contributed by atoms with E-state index in [0.717, 1.165) is 32.5 Å². The Labute approximate surface area is 121 Å². The van der Waals surface area contributed by atoms with Gasteiger partial charge in [0.05, 0.1) is 6.04 Å². The van der Waals surface area contributed by atoms with Gasteiger partial charge in [-0.05, 0) is 52.4 Å². The van der Waals surface area contributed by atoms with Crippen molar-refractivity contribution in [1.82, 2.24) is 20.9 Å². The summed E-state index contributed by atoms with van der Waals surface area (Å²) in [6.45, 7) is 4.70. The number of halogens is 1. The first-order valence-corrected chi connectivity index (χ1v) is 6.49. The molecule has 7 heteroatoms. The molecule has 1 rings (SSSR count). The number of imide groups is 1. The van der Waals surface area contributed by atoms with E-state index in [1.54, 1.807) is 0 Å². The van der Waals surface area contributed by atoms with Crippen LogP contribution in [0.15, 0.2) is 0 Å². The number of rotatable bonds is 4. The number of carbonyl (C=O) groups is 2. The van der Waals surface area contributed by atoms with Crippen molar-refractivity contribution in [3.63, 3.8) is 0 Å². The maximum Gasteiger partial charge on any atom is 0.321 e. The Kier molecular flexibility index (Phi) is 8.71. The lowest BCUT2D eigenvalue weighted by Crippen LogP contribution is -2.51. The van der Waals surface area contributed by atoms with Crippen LogP contribution in [0, 0.1) is 5.92 Å². The van der Waals surface area contributed by atoms with Crippen LogP contribution in [0.25, 0.3) is 0 Å². The zero-order valence-electron chi connectivity index (χ0n) is 11.9. The normalized spacial score (nSPS) is 18.3. The Morgan fingerprint density at radius 3 is 2.32 bits per heavy atom. The van der Waals surface area contributed by atoms with Crippen molar-refractivity contribution in [3.8, 4) is 0 Å². The standard InChI is InChI=1S/C12H24N4O2.ClH/c1-9(11(17)15-12(18)14-3)16-6-4-10(5-7-16)8-13-2;/h9-10,13H,4-8H2,1-3H3,(H2,14,15,17,18);1H. The monoisotopic (exact) mass is 292 g/mol. The molecule has 1 atom stereocenters. The average molecular weight is 293 g/mol. The molecule has 0 saturated carbocycles. The highest BCUT2D eigenvalue weighted by Crippen LogP contribution is 2.18. The van der Waals surface area contributed by atoms with Gasteiger partial charge in [-0.25, -0.2) is 4.79 Å². The second-order valence-corrected chi connectivity index (χ2v) is 4.78. The van der Waals surface area contributed by atoms with Gasteiger partial charge in [0.25, 0.3) is 0 Å². The molecule has 0 aromatic heterocycles. The molecule has 0 aromatic rings. The Morgan fingerprint density at radius 2 is 1.84 bits per heavy atom. The number of nitrogens with one attached hydrogen (secondary N) is 3. The van der Waals surface area contributed by atoms with E-state index in [1.165, 1.54) is 7.05 Å². The maximum absolute atomic E-state index is 11.8. The molecule has 1 fully saturated rings. The first-order chi connectivity index (χ1) is 8.58. The smallest absolute Gasteiger partial charge is 0.321 e. The van der Waals surface area contributed by atoms with Crippen LogP contribution in [0.5, 0.6) is 0 Å². The van der Waals surface area contributed by atoms with Crippen LogP contribution in [0.3, 0.4) is 0 Å². The fourth-order valence-corrected chi connectivity index (χ4v) is 2.28. The summed E-state index contributed by atoms with van der Waals surface area (Å²) in [4.78, 5) is 25.0. The zero-order valence-corrected chi connectivity index (χ0v) is 12.7. The summed E-state index contributed by atoms with van der Waals surface area (Å²) in [5, 5.41) is 7.89. The van der Waals surface area contributed by atoms with Gasteiger partial charge in [-0.3, -0.25) is 15.0 Å². The summed E-state index contributed by atoms with van der Waals surface area (Å²) in [6, 6.07) is -0.699. The minimum atomic E-state index is -0.447. The van der Waals surface area contributed by atoms with Crippen LogP contribution >= 0.6 is 12.4 Å². The predicted octanol–water partition coefficient (Wildman–Crippen LogP) is 0.184. The van der Waals surface area contributed by atoms with E-state index in [9.17, 15) is 9.59 Å². The molecule has 19 heavy (non-hydrogen) atoms. The third kappa shape index (κ3) is 5.76. The van der Waals surface area contributed by atoms with Crippen LogP contribution in [-0.2, 0) is 4.79 Å². The maximum atomic E-state index is 11.8. The summed E-state index contributed by atoms with van der Waals surface area (Å²) < 4.78 is 0. The molecule has 0 aromatic carbocycles. The van der Waals surface area contributed by atoms with Gasteiger partial charge >= 0.3 is 6.03 Å². The van der Waals surface area contributed by atoms with Crippen LogP contribution in [0.4, 0.5) is 4.79 Å². The molecule has 112 valence electrons. The van der Waals surface area contributed by atoms with Gasteiger partial charge < -0.3 is 10.6 Å². The number of urea groups is 1. The molecule has 3 amide bonds. The fourth-order valence-electron chi connectivity index (χ4n) is 2.28. The number of nitrogens with zero attached hydrogens (tertiary/aromatic N) is 1. The summed E-state index contributed by atoms with van der Waals surface area (Å²) >= 11 is 0. The lowest BCUT2D eigenvalue weighted by Gasteiger charge is -2.35. The first-order valence-electron chi connectivity index (χ1n) is 6.49. The number of hydrogen-bond donors (Lipinski definition) is 3. The van der Waals surface area contributed by atoms with Crippen molar-refractivity contribution < 1.29 is 9.59 Å². The molecular weight excluding hydrogens is 268 g/mol. The Bertz CT molecular complexity index is 293. The van der Waals surface area contributed by atoms with Crippen LogP contribution in [0.1, 0.15) is 19.8 Å². The highest BCUT2D eigenvalue weighted by Gasteiger charge is 2.26. The second kappa shape index (κ2) is 9.12. The third-order valence-corrected chi connectivity index (χ3v) is 3.53. The van der Waals surface area contributed by atoms with E-state index < -0.39 is 6.03 Å². The number of amides is 3. The number of hydrogen-bond acceptors (Lipinski definition) is 4. The molecular formula is C12H25ClN4O2. The van der Waals surface area contributed by atoms with Gasteiger partial charge in [0.2, 0.25) is 5.91 Å². The molecule has 1 unspecified atom stereocenters. The Morgan fingerprint density at radius 1 is 1.26 bits per heavy atom. The predicted molar refractivity (Wildman–Crippen MR) is 77.5 cm³/mol. The number of likely N-dealkylation sites (tertiary alicyclic amines) is 1. The summed E-state index contributed by atoms with van der Waals surface area (Å²) in [6.07, 6.45) is 2.19. The van der Waals surface area contributed by atoms with Gasteiger partial charge in [-0.15, -0.1) is 12.4 Å².